The van der Waals surface area contributed by atoms with Crippen LogP contribution in [0.2, 0.25) is 5.02 Å². The van der Waals surface area contributed by atoms with Crippen LogP contribution in [0.25, 0.3) is 0 Å². The molecule has 1 amide bonds. The number of hydrogen-bond acceptors (Lipinski definition) is 2. The van der Waals surface area contributed by atoms with Crippen LogP contribution in [0.1, 0.15) is 12.5 Å². The zero-order chi connectivity index (χ0) is 14.5. The second-order valence-corrected chi connectivity index (χ2v) is 4.76. The Kier molecular flexibility index (Phi) is 4.58. The third-order valence-corrected chi connectivity index (χ3v) is 3.06. The standard InChI is InChI=1S/C15H14ClFN2O/c1-10(20)19-14-6-4-13(5-7-14)18-9-11-2-3-12(17)8-15(11)16/h2-8,18H,9H2,1H3,(H,19,20). The topological polar surface area (TPSA) is 41.1 Å². The maximum atomic E-state index is 12.9. The molecular formula is C15H14ClFN2O. The number of anilines is 2. The second-order valence-electron chi connectivity index (χ2n) is 4.35. The highest BCUT2D eigenvalue weighted by molar-refractivity contribution is 6.31. The van der Waals surface area contributed by atoms with Crippen LogP contribution < -0.4 is 10.6 Å². The van der Waals surface area contributed by atoms with Crippen molar-refractivity contribution in [1.82, 2.24) is 0 Å². The Hall–Kier alpha value is -2.07. The first-order valence-electron chi connectivity index (χ1n) is 6.10. The molecule has 0 aliphatic heterocycles. The summed E-state index contributed by atoms with van der Waals surface area (Å²) < 4.78 is 12.9. The quantitative estimate of drug-likeness (QED) is 0.892. The van der Waals surface area contributed by atoms with Gasteiger partial charge >= 0.3 is 0 Å². The monoisotopic (exact) mass is 292 g/mol. The molecule has 0 fully saturated rings. The molecule has 3 nitrogen and oxygen atoms in total. The maximum absolute atomic E-state index is 12.9. The molecule has 104 valence electrons. The first-order valence-corrected chi connectivity index (χ1v) is 6.48. The first-order chi connectivity index (χ1) is 9.54. The molecule has 0 aliphatic rings. The van der Waals surface area contributed by atoms with Gasteiger partial charge in [-0.05, 0) is 42.0 Å². The first kappa shape index (κ1) is 14.3. The molecule has 0 heterocycles. The van der Waals surface area contributed by atoms with Gasteiger partial charge in [0.1, 0.15) is 5.82 Å². The van der Waals surface area contributed by atoms with E-state index in [1.54, 1.807) is 18.2 Å². The van der Waals surface area contributed by atoms with Crippen LogP contribution >= 0.6 is 11.6 Å². The molecule has 0 aliphatic carbocycles. The molecule has 0 bridgehead atoms. The van der Waals surface area contributed by atoms with Crippen LogP contribution in [-0.2, 0) is 11.3 Å². The number of benzene rings is 2. The average Bonchev–Trinajstić information content (AvgIpc) is 2.39. The Morgan fingerprint density at radius 1 is 1.15 bits per heavy atom. The third kappa shape index (κ3) is 3.96. The Labute approximate surface area is 121 Å². The van der Waals surface area contributed by atoms with Crippen LogP contribution in [-0.4, -0.2) is 5.91 Å². The number of rotatable bonds is 4. The van der Waals surface area contributed by atoms with E-state index < -0.39 is 0 Å². The van der Waals surface area contributed by atoms with Crippen molar-refractivity contribution in [3.8, 4) is 0 Å². The van der Waals surface area contributed by atoms with Crippen molar-refractivity contribution in [2.45, 2.75) is 13.5 Å². The molecule has 0 unspecified atom stereocenters. The molecular weight excluding hydrogens is 279 g/mol. The number of hydrogen-bond donors (Lipinski definition) is 2. The van der Waals surface area contributed by atoms with Crippen LogP contribution in [0.3, 0.4) is 0 Å². The summed E-state index contributed by atoms with van der Waals surface area (Å²) in [5, 5.41) is 6.27. The fourth-order valence-corrected chi connectivity index (χ4v) is 1.97. The predicted molar refractivity (Wildman–Crippen MR) is 79.5 cm³/mol. The molecule has 2 rings (SSSR count). The van der Waals surface area contributed by atoms with Crippen LogP contribution in [0, 0.1) is 5.82 Å². The minimum absolute atomic E-state index is 0.108. The van der Waals surface area contributed by atoms with Crippen molar-refractivity contribution in [1.29, 1.82) is 0 Å². The van der Waals surface area contributed by atoms with E-state index in [2.05, 4.69) is 10.6 Å². The number of nitrogens with one attached hydrogen (secondary N) is 2. The summed E-state index contributed by atoms with van der Waals surface area (Å²) in [6.07, 6.45) is 0. The van der Waals surface area contributed by atoms with Gasteiger partial charge in [-0.2, -0.15) is 0 Å². The molecule has 0 radical (unpaired) electrons. The largest absolute Gasteiger partial charge is 0.381 e. The summed E-state index contributed by atoms with van der Waals surface area (Å²) in [5.41, 5.74) is 2.45. The van der Waals surface area contributed by atoms with Gasteiger partial charge in [0.15, 0.2) is 0 Å². The minimum atomic E-state index is -0.349. The highest BCUT2D eigenvalue weighted by atomic mass is 35.5. The van der Waals surface area contributed by atoms with E-state index in [1.807, 2.05) is 12.1 Å². The van der Waals surface area contributed by atoms with E-state index in [0.29, 0.717) is 11.6 Å². The van der Waals surface area contributed by atoms with Gasteiger partial charge in [-0.3, -0.25) is 4.79 Å². The molecule has 0 aromatic heterocycles. The van der Waals surface area contributed by atoms with Crippen molar-refractivity contribution in [2.75, 3.05) is 10.6 Å². The fraction of sp³-hybridized carbons (Fsp3) is 0.133. The van der Waals surface area contributed by atoms with Gasteiger partial charge < -0.3 is 10.6 Å². The zero-order valence-electron chi connectivity index (χ0n) is 10.9. The fourth-order valence-electron chi connectivity index (χ4n) is 1.74. The Morgan fingerprint density at radius 2 is 1.80 bits per heavy atom. The molecule has 2 aromatic rings. The molecule has 0 saturated carbocycles. The molecule has 20 heavy (non-hydrogen) atoms. The second kappa shape index (κ2) is 6.39. The average molecular weight is 293 g/mol. The molecule has 0 saturated heterocycles. The number of carbonyl (C=O) groups excluding carboxylic acids is 1. The van der Waals surface area contributed by atoms with Crippen LogP contribution in [0.15, 0.2) is 42.5 Å². The van der Waals surface area contributed by atoms with E-state index >= 15 is 0 Å². The van der Waals surface area contributed by atoms with Crippen molar-refractivity contribution in [2.24, 2.45) is 0 Å². The number of carbonyl (C=O) groups is 1. The molecule has 0 atom stereocenters. The van der Waals surface area contributed by atoms with E-state index in [4.69, 9.17) is 11.6 Å². The lowest BCUT2D eigenvalue weighted by atomic mass is 10.2. The van der Waals surface area contributed by atoms with E-state index in [-0.39, 0.29) is 11.7 Å². The summed E-state index contributed by atoms with van der Waals surface area (Å²) in [5.74, 6) is -0.456. The highest BCUT2D eigenvalue weighted by Crippen LogP contribution is 2.19. The molecule has 2 aromatic carbocycles. The maximum Gasteiger partial charge on any atom is 0.221 e. The predicted octanol–water partition coefficient (Wildman–Crippen LogP) is 4.05. The Bertz CT molecular complexity index is 614. The molecule has 5 heteroatoms. The number of amides is 1. The highest BCUT2D eigenvalue weighted by Gasteiger charge is 2.02. The lowest BCUT2D eigenvalue weighted by molar-refractivity contribution is -0.114. The van der Waals surface area contributed by atoms with E-state index in [9.17, 15) is 9.18 Å². The lowest BCUT2D eigenvalue weighted by Gasteiger charge is -2.09. The van der Waals surface area contributed by atoms with Crippen LogP contribution in [0.5, 0.6) is 0 Å². The van der Waals surface area contributed by atoms with Gasteiger partial charge in [-0.1, -0.05) is 17.7 Å². The third-order valence-electron chi connectivity index (χ3n) is 2.70. The van der Waals surface area contributed by atoms with Gasteiger partial charge in [-0.25, -0.2) is 4.39 Å². The van der Waals surface area contributed by atoms with Gasteiger partial charge in [0, 0.05) is 29.9 Å². The SMILES string of the molecule is CC(=O)Nc1ccc(NCc2ccc(F)cc2Cl)cc1. The summed E-state index contributed by atoms with van der Waals surface area (Å²) in [6, 6.07) is 11.6. The van der Waals surface area contributed by atoms with Crippen molar-refractivity contribution >= 4 is 28.9 Å². The summed E-state index contributed by atoms with van der Waals surface area (Å²) in [7, 11) is 0. The Balaban J connectivity index is 1.98. The molecule has 0 spiro atoms. The molecule has 2 N–H and O–H groups in total. The van der Waals surface area contributed by atoms with Gasteiger partial charge in [0.25, 0.3) is 0 Å². The summed E-state index contributed by atoms with van der Waals surface area (Å²) >= 11 is 5.95. The van der Waals surface area contributed by atoms with Crippen molar-refractivity contribution in [3.05, 3.63) is 58.9 Å². The summed E-state index contributed by atoms with van der Waals surface area (Å²) in [6.45, 7) is 1.96. The van der Waals surface area contributed by atoms with E-state index in [0.717, 1.165) is 16.9 Å². The van der Waals surface area contributed by atoms with Gasteiger partial charge in [0.2, 0.25) is 5.91 Å². The minimum Gasteiger partial charge on any atom is -0.381 e. The van der Waals surface area contributed by atoms with Gasteiger partial charge in [0.05, 0.1) is 0 Å². The Morgan fingerprint density at radius 3 is 2.40 bits per heavy atom. The zero-order valence-corrected chi connectivity index (χ0v) is 11.7. The summed E-state index contributed by atoms with van der Waals surface area (Å²) in [4.78, 5) is 10.9. The lowest BCUT2D eigenvalue weighted by Crippen LogP contribution is -2.05. The van der Waals surface area contributed by atoms with Crippen molar-refractivity contribution in [3.63, 3.8) is 0 Å². The number of halogens is 2. The normalized spacial score (nSPS) is 10.2. The van der Waals surface area contributed by atoms with Crippen molar-refractivity contribution < 1.29 is 9.18 Å². The smallest absolute Gasteiger partial charge is 0.221 e. The van der Waals surface area contributed by atoms with E-state index in [1.165, 1.54) is 19.1 Å². The van der Waals surface area contributed by atoms with Gasteiger partial charge in [-0.15, -0.1) is 0 Å². The van der Waals surface area contributed by atoms with Crippen LogP contribution in [0.4, 0.5) is 15.8 Å².